The number of thioether (sulfide) groups is 1. The molecule has 2 rings (SSSR count). The van der Waals surface area contributed by atoms with E-state index in [0.717, 1.165) is 40.5 Å². The Labute approximate surface area is 120 Å². The Morgan fingerprint density at radius 1 is 1.42 bits per heavy atom. The zero-order chi connectivity index (χ0) is 13.7. The van der Waals surface area contributed by atoms with E-state index < -0.39 is 0 Å². The minimum atomic E-state index is 0.262. The molecule has 0 aliphatic carbocycles. The van der Waals surface area contributed by atoms with Crippen LogP contribution in [-0.2, 0) is 0 Å². The van der Waals surface area contributed by atoms with Crippen LogP contribution < -0.4 is 11.1 Å². The fourth-order valence-electron chi connectivity index (χ4n) is 1.70. The van der Waals surface area contributed by atoms with E-state index in [9.17, 15) is 0 Å². The van der Waals surface area contributed by atoms with Gasteiger partial charge in [-0.2, -0.15) is 16.7 Å². The third-order valence-electron chi connectivity index (χ3n) is 2.52. The summed E-state index contributed by atoms with van der Waals surface area (Å²) < 4.78 is 0. The first-order valence-electron chi connectivity index (χ1n) is 6.17. The van der Waals surface area contributed by atoms with Crippen molar-refractivity contribution in [3.05, 3.63) is 10.9 Å². The van der Waals surface area contributed by atoms with Crippen LogP contribution in [0.2, 0.25) is 0 Å². The lowest BCUT2D eigenvalue weighted by Gasteiger charge is -2.07. The smallest absolute Gasteiger partial charge is 0.223 e. The fourth-order valence-corrected chi connectivity index (χ4v) is 3.37. The number of nitrogens with one attached hydrogen (secondary N) is 1. The molecule has 0 amide bonds. The van der Waals surface area contributed by atoms with Crippen molar-refractivity contribution in [2.75, 3.05) is 35.7 Å². The van der Waals surface area contributed by atoms with E-state index in [2.05, 4.69) is 28.3 Å². The maximum atomic E-state index is 8.69. The number of aliphatic hydroxyl groups is 1. The minimum Gasteiger partial charge on any atom is -0.396 e. The number of nitrogens with two attached hydrogens (primary N) is 1. The molecule has 0 saturated carbocycles. The summed E-state index contributed by atoms with van der Waals surface area (Å²) in [5.74, 6) is 3.09. The molecule has 104 valence electrons. The van der Waals surface area contributed by atoms with Crippen molar-refractivity contribution in [1.29, 1.82) is 0 Å². The second-order valence-electron chi connectivity index (χ2n) is 4.12. The minimum absolute atomic E-state index is 0.262. The van der Waals surface area contributed by atoms with Crippen LogP contribution in [0.25, 0.3) is 10.2 Å². The molecule has 0 aliphatic rings. The zero-order valence-electron chi connectivity index (χ0n) is 10.8. The van der Waals surface area contributed by atoms with Crippen molar-refractivity contribution in [2.24, 2.45) is 0 Å². The van der Waals surface area contributed by atoms with Crippen LogP contribution in [-0.4, -0.2) is 39.7 Å². The monoisotopic (exact) mass is 298 g/mol. The average molecular weight is 298 g/mol. The van der Waals surface area contributed by atoms with Gasteiger partial charge in [-0.05, 0) is 25.2 Å². The first-order valence-corrected chi connectivity index (χ1v) is 8.14. The molecule has 0 radical (unpaired) electrons. The van der Waals surface area contributed by atoms with Crippen molar-refractivity contribution in [1.82, 2.24) is 9.97 Å². The first-order chi connectivity index (χ1) is 9.20. The molecule has 0 saturated heterocycles. The number of rotatable bonds is 7. The average Bonchev–Trinajstić information content (AvgIpc) is 2.73. The predicted molar refractivity (Wildman–Crippen MR) is 84.1 cm³/mol. The van der Waals surface area contributed by atoms with E-state index in [1.807, 2.05) is 11.8 Å². The lowest BCUT2D eigenvalue weighted by molar-refractivity contribution is 0.296. The molecule has 5 nitrogen and oxygen atoms in total. The standard InChI is InChI=1S/C12H18N4OS2/c1-8-7-9-10(14-3-6-18-5-2-4-17)15-12(13)16-11(9)19-8/h7,17H,2-6H2,1H3,(H3,13,14,15,16). The molecule has 0 spiro atoms. The van der Waals surface area contributed by atoms with Gasteiger partial charge < -0.3 is 16.2 Å². The summed E-state index contributed by atoms with van der Waals surface area (Å²) in [5.41, 5.74) is 5.72. The van der Waals surface area contributed by atoms with Crippen LogP contribution in [0.1, 0.15) is 11.3 Å². The number of aryl methyl sites for hydroxylation is 1. The fraction of sp³-hybridized carbons (Fsp3) is 0.500. The topological polar surface area (TPSA) is 84.1 Å². The number of aromatic nitrogens is 2. The van der Waals surface area contributed by atoms with Crippen molar-refractivity contribution >= 4 is 45.1 Å². The normalized spacial score (nSPS) is 11.1. The highest BCUT2D eigenvalue weighted by Crippen LogP contribution is 2.28. The van der Waals surface area contributed by atoms with Crippen LogP contribution in [0.5, 0.6) is 0 Å². The summed E-state index contributed by atoms with van der Waals surface area (Å²) in [7, 11) is 0. The maximum absolute atomic E-state index is 8.69. The summed E-state index contributed by atoms with van der Waals surface area (Å²) in [5, 5.41) is 13.0. The Balaban J connectivity index is 1.96. The Bertz CT molecular complexity index is 544. The lowest BCUT2D eigenvalue weighted by atomic mass is 10.3. The van der Waals surface area contributed by atoms with E-state index >= 15 is 0 Å². The van der Waals surface area contributed by atoms with Crippen molar-refractivity contribution in [3.8, 4) is 0 Å². The van der Waals surface area contributed by atoms with Gasteiger partial charge in [0.15, 0.2) is 0 Å². The lowest BCUT2D eigenvalue weighted by Crippen LogP contribution is -2.08. The van der Waals surface area contributed by atoms with Gasteiger partial charge in [-0.1, -0.05) is 0 Å². The third kappa shape index (κ3) is 3.95. The SMILES string of the molecule is Cc1cc2c(NCCSCCCO)nc(N)nc2s1. The Kier molecular flexibility index (Phi) is 5.24. The van der Waals surface area contributed by atoms with E-state index in [-0.39, 0.29) is 6.61 Å². The molecular formula is C12H18N4OS2. The molecule has 0 fully saturated rings. The number of hydrogen-bond donors (Lipinski definition) is 3. The van der Waals surface area contributed by atoms with Crippen LogP contribution in [0, 0.1) is 6.92 Å². The molecule has 2 heterocycles. The van der Waals surface area contributed by atoms with Crippen LogP contribution in [0.15, 0.2) is 6.07 Å². The Morgan fingerprint density at radius 3 is 3.05 bits per heavy atom. The molecule has 0 unspecified atom stereocenters. The number of anilines is 2. The van der Waals surface area contributed by atoms with E-state index in [1.165, 1.54) is 4.88 Å². The summed E-state index contributed by atoms with van der Waals surface area (Å²) in [4.78, 5) is 10.6. The van der Waals surface area contributed by atoms with Gasteiger partial charge in [-0.15, -0.1) is 11.3 Å². The van der Waals surface area contributed by atoms with E-state index in [4.69, 9.17) is 10.8 Å². The van der Waals surface area contributed by atoms with Gasteiger partial charge in [0, 0.05) is 23.8 Å². The number of aliphatic hydroxyl groups excluding tert-OH is 1. The van der Waals surface area contributed by atoms with Gasteiger partial charge >= 0.3 is 0 Å². The number of nitrogens with zero attached hydrogens (tertiary/aromatic N) is 2. The Morgan fingerprint density at radius 2 is 2.26 bits per heavy atom. The van der Waals surface area contributed by atoms with Gasteiger partial charge in [0.25, 0.3) is 0 Å². The van der Waals surface area contributed by atoms with Crippen LogP contribution in [0.3, 0.4) is 0 Å². The number of nitrogen functional groups attached to an aromatic ring is 1. The second-order valence-corrected chi connectivity index (χ2v) is 6.58. The maximum Gasteiger partial charge on any atom is 0.223 e. The van der Waals surface area contributed by atoms with Crippen LogP contribution in [0.4, 0.5) is 11.8 Å². The quantitative estimate of drug-likeness (QED) is 0.679. The number of hydrogen-bond acceptors (Lipinski definition) is 7. The molecule has 0 bridgehead atoms. The Hall–Kier alpha value is -1.05. The largest absolute Gasteiger partial charge is 0.396 e. The molecule has 2 aromatic rings. The highest BCUT2D eigenvalue weighted by molar-refractivity contribution is 7.99. The molecule has 0 aromatic carbocycles. The molecule has 7 heteroatoms. The van der Waals surface area contributed by atoms with E-state index in [1.54, 1.807) is 11.3 Å². The summed E-state index contributed by atoms with van der Waals surface area (Å²) >= 11 is 3.44. The highest BCUT2D eigenvalue weighted by atomic mass is 32.2. The summed E-state index contributed by atoms with van der Waals surface area (Å²) in [6, 6.07) is 2.08. The molecule has 2 aromatic heterocycles. The molecule has 4 N–H and O–H groups in total. The van der Waals surface area contributed by atoms with Crippen LogP contribution >= 0.6 is 23.1 Å². The predicted octanol–water partition coefficient (Wildman–Crippen LogP) is 2.11. The van der Waals surface area contributed by atoms with Gasteiger partial charge in [0.2, 0.25) is 5.95 Å². The van der Waals surface area contributed by atoms with Crippen molar-refractivity contribution in [2.45, 2.75) is 13.3 Å². The number of thiophene rings is 1. The molecular weight excluding hydrogens is 280 g/mol. The van der Waals surface area contributed by atoms with Gasteiger partial charge in [0.1, 0.15) is 10.6 Å². The first kappa shape index (κ1) is 14.4. The third-order valence-corrected chi connectivity index (χ3v) is 4.53. The number of fused-ring (bicyclic) bond motifs is 1. The van der Waals surface area contributed by atoms with Crippen molar-refractivity contribution in [3.63, 3.8) is 0 Å². The molecule has 0 aliphatic heterocycles. The molecule has 0 atom stereocenters. The second kappa shape index (κ2) is 6.93. The highest BCUT2D eigenvalue weighted by Gasteiger charge is 2.08. The van der Waals surface area contributed by atoms with Gasteiger partial charge in [-0.25, -0.2) is 4.98 Å². The van der Waals surface area contributed by atoms with Gasteiger partial charge in [0.05, 0.1) is 5.39 Å². The summed E-state index contributed by atoms with van der Waals surface area (Å²) in [6.07, 6.45) is 0.846. The molecule has 19 heavy (non-hydrogen) atoms. The zero-order valence-corrected chi connectivity index (χ0v) is 12.5. The van der Waals surface area contributed by atoms with Gasteiger partial charge in [-0.3, -0.25) is 0 Å². The van der Waals surface area contributed by atoms with Crippen molar-refractivity contribution < 1.29 is 5.11 Å². The van der Waals surface area contributed by atoms with E-state index in [0.29, 0.717) is 5.95 Å². The summed E-state index contributed by atoms with van der Waals surface area (Å²) in [6.45, 7) is 3.14.